The Bertz CT molecular complexity index is 1230. The van der Waals surface area contributed by atoms with Crippen molar-refractivity contribution in [3.8, 4) is 0 Å². The van der Waals surface area contributed by atoms with Gasteiger partial charge in [0.05, 0.1) is 11.3 Å². The van der Waals surface area contributed by atoms with Crippen molar-refractivity contribution in [3.63, 3.8) is 0 Å². The molecule has 142 valence electrons. The molecule has 0 atom stereocenters. The number of nitrogens with zero attached hydrogens (tertiary/aromatic N) is 4. The Morgan fingerprint density at radius 3 is 2.96 bits per heavy atom. The number of halogens is 1. The van der Waals surface area contributed by atoms with Gasteiger partial charge < -0.3 is 4.52 Å². The van der Waals surface area contributed by atoms with E-state index in [1.165, 1.54) is 29.2 Å². The monoisotopic (exact) mass is 477 g/mol. The van der Waals surface area contributed by atoms with Crippen LogP contribution in [0.1, 0.15) is 21.8 Å². The molecular weight excluding hydrogens is 466 g/mol. The van der Waals surface area contributed by atoms with Crippen molar-refractivity contribution in [3.05, 3.63) is 68.2 Å². The highest BCUT2D eigenvalue weighted by Crippen LogP contribution is 2.28. The first kappa shape index (κ1) is 18.8. The van der Waals surface area contributed by atoms with Crippen LogP contribution < -0.4 is 10.9 Å². The summed E-state index contributed by atoms with van der Waals surface area (Å²) in [5.74, 6) is 0.794. The number of thioether (sulfide) groups is 1. The second-order valence-electron chi connectivity index (χ2n) is 5.68. The lowest BCUT2D eigenvalue weighted by Gasteiger charge is -2.02. The van der Waals surface area contributed by atoms with Gasteiger partial charge in [-0.1, -0.05) is 35.2 Å². The van der Waals surface area contributed by atoms with Crippen molar-refractivity contribution in [1.82, 2.24) is 19.8 Å². The van der Waals surface area contributed by atoms with Gasteiger partial charge in [-0.25, -0.2) is 4.98 Å². The molecule has 0 saturated carbocycles. The number of hydrogen-bond acceptors (Lipinski definition) is 8. The molecule has 28 heavy (non-hydrogen) atoms. The van der Waals surface area contributed by atoms with E-state index in [-0.39, 0.29) is 11.5 Å². The fourth-order valence-corrected chi connectivity index (χ4v) is 4.52. The number of benzene rings is 1. The molecule has 1 amide bonds. The number of carbonyl (C=O) groups is 1. The smallest absolute Gasteiger partial charge is 0.287 e. The number of aromatic nitrogens is 4. The number of aryl methyl sites for hydroxylation is 1. The summed E-state index contributed by atoms with van der Waals surface area (Å²) in [6.45, 7) is 1.76. The first-order valence-electron chi connectivity index (χ1n) is 8.01. The Kier molecular flexibility index (Phi) is 5.29. The van der Waals surface area contributed by atoms with Gasteiger partial charge in [0, 0.05) is 22.4 Å². The van der Waals surface area contributed by atoms with Crippen LogP contribution in [-0.4, -0.2) is 25.7 Å². The first-order valence-corrected chi connectivity index (χ1v) is 10.6. The van der Waals surface area contributed by atoms with Gasteiger partial charge in [-0.15, -0.1) is 14.8 Å². The van der Waals surface area contributed by atoms with E-state index in [0.717, 1.165) is 4.57 Å². The molecule has 1 aromatic carbocycles. The molecule has 0 radical (unpaired) electrons. The van der Waals surface area contributed by atoms with Crippen LogP contribution in [0.25, 0.3) is 5.65 Å². The zero-order valence-corrected chi connectivity index (χ0v) is 17.6. The predicted molar refractivity (Wildman–Crippen MR) is 110 cm³/mol. The Labute approximate surface area is 175 Å². The van der Waals surface area contributed by atoms with Gasteiger partial charge in [0.1, 0.15) is 5.76 Å². The zero-order chi connectivity index (χ0) is 19.7. The topological polar surface area (TPSA) is 102 Å². The molecular formula is C17H12BrN5O3S2. The van der Waals surface area contributed by atoms with E-state index in [0.29, 0.717) is 42.4 Å². The molecule has 11 heteroatoms. The van der Waals surface area contributed by atoms with Crippen LogP contribution in [0.2, 0.25) is 0 Å². The van der Waals surface area contributed by atoms with Crippen molar-refractivity contribution in [2.24, 2.45) is 0 Å². The summed E-state index contributed by atoms with van der Waals surface area (Å²) in [7, 11) is 0. The van der Waals surface area contributed by atoms with Crippen LogP contribution in [0.5, 0.6) is 0 Å². The van der Waals surface area contributed by atoms with E-state index in [2.05, 4.69) is 36.4 Å². The Hall–Kier alpha value is -2.50. The van der Waals surface area contributed by atoms with E-state index < -0.39 is 0 Å². The number of nitrogens with one attached hydrogen (secondary N) is 1. The minimum Gasteiger partial charge on any atom is -0.375 e. The molecule has 8 nitrogen and oxygen atoms in total. The molecule has 0 saturated heterocycles. The molecule has 0 bridgehead atoms. The second kappa shape index (κ2) is 7.86. The normalized spacial score (nSPS) is 11.1. The number of hydrogen-bond donors (Lipinski definition) is 1. The largest absolute Gasteiger partial charge is 0.375 e. The highest BCUT2D eigenvalue weighted by atomic mass is 79.9. The highest BCUT2D eigenvalue weighted by Gasteiger charge is 2.13. The molecule has 0 unspecified atom stereocenters. The van der Waals surface area contributed by atoms with Gasteiger partial charge in [-0.05, 0) is 35.0 Å². The van der Waals surface area contributed by atoms with Crippen LogP contribution in [0.15, 0.2) is 54.5 Å². The van der Waals surface area contributed by atoms with Gasteiger partial charge in [-0.2, -0.15) is 0 Å². The van der Waals surface area contributed by atoms with Crippen LogP contribution in [0.4, 0.5) is 5.13 Å². The Balaban J connectivity index is 1.43. The van der Waals surface area contributed by atoms with Crippen LogP contribution in [0.3, 0.4) is 0 Å². The zero-order valence-electron chi connectivity index (χ0n) is 14.4. The lowest BCUT2D eigenvalue weighted by Crippen LogP contribution is -2.12. The molecule has 0 fully saturated rings. The van der Waals surface area contributed by atoms with Gasteiger partial charge >= 0.3 is 0 Å². The third kappa shape index (κ3) is 4.01. The number of carbonyl (C=O) groups excluding carboxylic acids is 1. The van der Waals surface area contributed by atoms with E-state index >= 15 is 0 Å². The minimum atomic E-state index is -0.271. The molecule has 0 aliphatic heterocycles. The summed E-state index contributed by atoms with van der Waals surface area (Å²) < 4.78 is 7.79. The maximum absolute atomic E-state index is 12.3. The molecule has 0 spiro atoms. The van der Waals surface area contributed by atoms with E-state index in [9.17, 15) is 9.59 Å². The minimum absolute atomic E-state index is 0.268. The van der Waals surface area contributed by atoms with Gasteiger partial charge in [0.15, 0.2) is 9.99 Å². The third-order valence-electron chi connectivity index (χ3n) is 3.61. The SMILES string of the molecule is Cc1cc2nc(CSc3nnc(NC(=O)c4ccccc4Br)s3)cc(=O)n2o1. The number of fused-ring (bicyclic) bond motifs is 1. The lowest BCUT2D eigenvalue weighted by molar-refractivity contribution is 0.102. The van der Waals surface area contributed by atoms with E-state index in [1.807, 2.05) is 6.07 Å². The van der Waals surface area contributed by atoms with Crippen LogP contribution >= 0.6 is 39.0 Å². The maximum atomic E-state index is 12.3. The van der Waals surface area contributed by atoms with Crippen molar-refractivity contribution in [1.29, 1.82) is 0 Å². The summed E-state index contributed by atoms with van der Waals surface area (Å²) in [6, 6.07) is 10.3. The van der Waals surface area contributed by atoms with Gasteiger partial charge in [-0.3, -0.25) is 14.9 Å². The molecule has 1 N–H and O–H groups in total. The maximum Gasteiger partial charge on any atom is 0.287 e. The predicted octanol–water partition coefficient (Wildman–Crippen LogP) is 3.75. The molecule has 0 aliphatic carbocycles. The van der Waals surface area contributed by atoms with Gasteiger partial charge in [0.2, 0.25) is 5.13 Å². The van der Waals surface area contributed by atoms with Crippen molar-refractivity contribution < 1.29 is 9.32 Å². The summed E-state index contributed by atoms with van der Waals surface area (Å²) in [6.07, 6.45) is 0. The fourth-order valence-electron chi connectivity index (χ4n) is 2.41. The Morgan fingerprint density at radius 2 is 2.14 bits per heavy atom. The number of rotatable bonds is 5. The number of amides is 1. The summed E-state index contributed by atoms with van der Waals surface area (Å²) >= 11 is 6.00. The average molecular weight is 478 g/mol. The fraction of sp³-hybridized carbons (Fsp3) is 0.118. The standard InChI is InChI=1S/C17H12BrN5O3S2/c1-9-6-13-19-10(7-14(24)23(13)26-9)8-27-17-22-21-16(28-17)20-15(25)11-4-2-3-5-12(11)18/h2-7H,8H2,1H3,(H,20,21,25). The van der Waals surface area contributed by atoms with E-state index in [1.54, 1.807) is 31.2 Å². The molecule has 4 aromatic rings. The molecule has 4 rings (SSSR count). The molecule has 3 aromatic heterocycles. The lowest BCUT2D eigenvalue weighted by atomic mass is 10.2. The summed E-state index contributed by atoms with van der Waals surface area (Å²) in [5, 5.41) is 11.2. The van der Waals surface area contributed by atoms with Crippen molar-refractivity contribution in [2.75, 3.05) is 5.32 Å². The average Bonchev–Trinajstić information content (AvgIpc) is 3.26. The van der Waals surface area contributed by atoms with E-state index in [4.69, 9.17) is 4.52 Å². The summed E-state index contributed by atoms with van der Waals surface area (Å²) in [4.78, 5) is 28.8. The summed E-state index contributed by atoms with van der Waals surface area (Å²) in [5.41, 5.74) is 1.33. The highest BCUT2D eigenvalue weighted by molar-refractivity contribution is 9.10. The molecule has 3 heterocycles. The quantitative estimate of drug-likeness (QED) is 0.344. The third-order valence-corrected chi connectivity index (χ3v) is 6.31. The van der Waals surface area contributed by atoms with Crippen molar-refractivity contribution in [2.45, 2.75) is 17.0 Å². The first-order chi connectivity index (χ1) is 13.5. The van der Waals surface area contributed by atoms with Crippen LogP contribution in [0, 0.1) is 6.92 Å². The van der Waals surface area contributed by atoms with Gasteiger partial charge in [0.25, 0.3) is 11.5 Å². The number of anilines is 1. The van der Waals surface area contributed by atoms with Crippen molar-refractivity contribution >= 4 is 55.7 Å². The Morgan fingerprint density at radius 1 is 1.32 bits per heavy atom. The molecule has 0 aliphatic rings. The second-order valence-corrected chi connectivity index (χ2v) is 8.73. The van der Waals surface area contributed by atoms with Crippen LogP contribution in [-0.2, 0) is 5.75 Å².